The van der Waals surface area contributed by atoms with Crippen LogP contribution in [0.4, 0.5) is 0 Å². The molecule has 0 saturated heterocycles. The molecule has 1 N–H and O–H groups in total. The average Bonchev–Trinajstić information content (AvgIpc) is 3.16. The van der Waals surface area contributed by atoms with Crippen molar-refractivity contribution >= 4 is 0 Å². The molecule has 0 aliphatic carbocycles. The van der Waals surface area contributed by atoms with Gasteiger partial charge < -0.3 is 9.84 Å². The van der Waals surface area contributed by atoms with Gasteiger partial charge >= 0.3 is 0 Å². The lowest BCUT2D eigenvalue weighted by Gasteiger charge is -2.02. The minimum Gasteiger partial charge on any atom is -0.359 e. The van der Waals surface area contributed by atoms with Crippen LogP contribution in [0.15, 0.2) is 59.4 Å². The van der Waals surface area contributed by atoms with E-state index in [9.17, 15) is 0 Å². The second-order valence-corrected chi connectivity index (χ2v) is 4.49. The molecule has 5 heteroatoms. The average molecular weight is 268 g/mol. The number of hydrogen-bond acceptors (Lipinski definition) is 4. The Morgan fingerprint density at radius 3 is 2.85 bits per heavy atom. The molecule has 3 rings (SSSR count). The summed E-state index contributed by atoms with van der Waals surface area (Å²) in [5.74, 6) is 0.837. The smallest absolute Gasteiger partial charge is 0.151 e. The summed E-state index contributed by atoms with van der Waals surface area (Å²) in [5.41, 5.74) is 1.94. The van der Waals surface area contributed by atoms with Gasteiger partial charge in [0.1, 0.15) is 5.69 Å². The normalized spacial score (nSPS) is 10.8. The lowest BCUT2D eigenvalue weighted by Crippen LogP contribution is -2.19. The first-order chi connectivity index (χ1) is 9.92. The van der Waals surface area contributed by atoms with E-state index in [0.29, 0.717) is 6.54 Å². The molecular formula is C15H16N4O. The van der Waals surface area contributed by atoms with E-state index in [1.54, 1.807) is 6.20 Å². The fourth-order valence-corrected chi connectivity index (χ4v) is 1.98. The van der Waals surface area contributed by atoms with Crippen LogP contribution in [-0.4, -0.2) is 21.5 Å². The first-order valence-electron chi connectivity index (χ1n) is 6.61. The molecule has 0 atom stereocenters. The maximum absolute atomic E-state index is 5.32. The number of rotatable bonds is 6. The van der Waals surface area contributed by atoms with Gasteiger partial charge in [-0.05, 0) is 6.07 Å². The predicted octanol–water partition coefficient (Wildman–Crippen LogP) is 2.33. The maximum atomic E-state index is 5.32. The van der Waals surface area contributed by atoms with Crippen LogP contribution in [0.3, 0.4) is 0 Å². The van der Waals surface area contributed by atoms with E-state index in [1.165, 1.54) is 0 Å². The molecule has 0 aliphatic rings. The molecule has 2 heterocycles. The lowest BCUT2D eigenvalue weighted by atomic mass is 10.1. The van der Waals surface area contributed by atoms with Gasteiger partial charge in [0.25, 0.3) is 0 Å². The van der Waals surface area contributed by atoms with Crippen LogP contribution >= 0.6 is 0 Å². The summed E-state index contributed by atoms with van der Waals surface area (Å²) in [6, 6.07) is 13.9. The fraction of sp³-hybridized carbons (Fsp3) is 0.200. The van der Waals surface area contributed by atoms with E-state index >= 15 is 0 Å². The van der Waals surface area contributed by atoms with Crippen molar-refractivity contribution in [2.45, 2.75) is 13.1 Å². The predicted molar refractivity (Wildman–Crippen MR) is 75.9 cm³/mol. The molecule has 0 saturated carbocycles. The molecule has 2 aromatic heterocycles. The molecule has 5 nitrogen and oxygen atoms in total. The number of benzene rings is 1. The van der Waals surface area contributed by atoms with Gasteiger partial charge in [0.2, 0.25) is 0 Å². The van der Waals surface area contributed by atoms with E-state index in [4.69, 9.17) is 4.52 Å². The zero-order valence-corrected chi connectivity index (χ0v) is 11.1. The van der Waals surface area contributed by atoms with Crippen LogP contribution in [0, 0.1) is 0 Å². The van der Waals surface area contributed by atoms with Crippen molar-refractivity contribution in [3.63, 3.8) is 0 Å². The zero-order valence-electron chi connectivity index (χ0n) is 11.1. The molecule has 0 aliphatic heterocycles. The Labute approximate surface area is 117 Å². The van der Waals surface area contributed by atoms with Gasteiger partial charge in [-0.25, -0.2) is 0 Å². The summed E-state index contributed by atoms with van der Waals surface area (Å²) in [6.07, 6.45) is 3.73. The Hall–Kier alpha value is -2.40. The molecule has 0 unspecified atom stereocenters. The molecule has 0 radical (unpaired) electrons. The van der Waals surface area contributed by atoms with Gasteiger partial charge in [0.15, 0.2) is 5.76 Å². The van der Waals surface area contributed by atoms with Crippen LogP contribution in [0.1, 0.15) is 5.76 Å². The highest BCUT2D eigenvalue weighted by atomic mass is 16.5. The first-order valence-corrected chi connectivity index (χ1v) is 6.61. The van der Waals surface area contributed by atoms with Gasteiger partial charge in [0, 0.05) is 30.6 Å². The van der Waals surface area contributed by atoms with Crippen LogP contribution < -0.4 is 5.32 Å². The SMILES string of the molecule is c1ccc(-c2cc(CNCCn3cccn3)on2)cc1. The van der Waals surface area contributed by atoms with Gasteiger partial charge in [-0.3, -0.25) is 4.68 Å². The van der Waals surface area contributed by atoms with Crippen molar-refractivity contribution in [3.8, 4) is 11.3 Å². The maximum Gasteiger partial charge on any atom is 0.151 e. The van der Waals surface area contributed by atoms with E-state index in [0.717, 1.165) is 30.1 Å². The molecule has 1 aromatic carbocycles. The highest BCUT2D eigenvalue weighted by molar-refractivity contribution is 5.58. The Morgan fingerprint density at radius 2 is 2.05 bits per heavy atom. The third-order valence-electron chi connectivity index (χ3n) is 3.00. The van der Waals surface area contributed by atoms with Crippen LogP contribution in [0.2, 0.25) is 0 Å². The Kier molecular flexibility index (Phi) is 3.89. The zero-order chi connectivity index (χ0) is 13.6. The first kappa shape index (κ1) is 12.6. The van der Waals surface area contributed by atoms with Crippen molar-refractivity contribution < 1.29 is 4.52 Å². The standard InChI is InChI=1S/C15H16N4O/c1-2-5-13(6-3-1)15-11-14(20-18-15)12-16-8-10-19-9-4-7-17-19/h1-7,9,11,16H,8,10,12H2. The second-order valence-electron chi connectivity index (χ2n) is 4.49. The minimum absolute atomic E-state index is 0.668. The van der Waals surface area contributed by atoms with E-state index in [-0.39, 0.29) is 0 Å². The summed E-state index contributed by atoms with van der Waals surface area (Å²) in [5, 5.41) is 11.5. The Bertz CT molecular complexity index is 631. The molecule has 0 bridgehead atoms. The van der Waals surface area contributed by atoms with E-state index in [1.807, 2.05) is 53.3 Å². The highest BCUT2D eigenvalue weighted by Gasteiger charge is 2.05. The summed E-state index contributed by atoms with van der Waals surface area (Å²) in [6.45, 7) is 2.34. The summed E-state index contributed by atoms with van der Waals surface area (Å²) >= 11 is 0. The lowest BCUT2D eigenvalue weighted by molar-refractivity contribution is 0.372. The van der Waals surface area contributed by atoms with E-state index < -0.39 is 0 Å². The van der Waals surface area contributed by atoms with Gasteiger partial charge in [0.05, 0.1) is 13.1 Å². The fourth-order valence-electron chi connectivity index (χ4n) is 1.98. The van der Waals surface area contributed by atoms with Crippen molar-refractivity contribution in [2.75, 3.05) is 6.54 Å². The summed E-state index contributed by atoms with van der Waals surface area (Å²) in [7, 11) is 0. The molecule has 20 heavy (non-hydrogen) atoms. The Morgan fingerprint density at radius 1 is 1.15 bits per heavy atom. The van der Waals surface area contributed by atoms with Gasteiger partial charge in [-0.2, -0.15) is 5.10 Å². The molecule has 0 amide bonds. The number of nitrogens with zero attached hydrogens (tertiary/aromatic N) is 3. The monoisotopic (exact) mass is 268 g/mol. The van der Waals surface area contributed by atoms with Crippen LogP contribution in [0.5, 0.6) is 0 Å². The molecule has 102 valence electrons. The van der Waals surface area contributed by atoms with Crippen molar-refractivity contribution in [1.82, 2.24) is 20.3 Å². The molecule has 0 spiro atoms. The number of aromatic nitrogens is 3. The number of nitrogens with one attached hydrogen (secondary N) is 1. The Balaban J connectivity index is 1.50. The number of hydrogen-bond donors (Lipinski definition) is 1. The highest BCUT2D eigenvalue weighted by Crippen LogP contribution is 2.18. The quantitative estimate of drug-likeness (QED) is 0.697. The van der Waals surface area contributed by atoms with Crippen molar-refractivity contribution in [3.05, 3.63) is 60.6 Å². The molecule has 0 fully saturated rings. The van der Waals surface area contributed by atoms with Crippen LogP contribution in [0.25, 0.3) is 11.3 Å². The van der Waals surface area contributed by atoms with Crippen LogP contribution in [-0.2, 0) is 13.1 Å². The van der Waals surface area contributed by atoms with Gasteiger partial charge in [-0.15, -0.1) is 0 Å². The minimum atomic E-state index is 0.668. The summed E-state index contributed by atoms with van der Waals surface area (Å²) in [4.78, 5) is 0. The molecule has 3 aromatic rings. The summed E-state index contributed by atoms with van der Waals surface area (Å²) < 4.78 is 7.21. The molecular weight excluding hydrogens is 252 g/mol. The topological polar surface area (TPSA) is 55.9 Å². The van der Waals surface area contributed by atoms with Crippen molar-refractivity contribution in [1.29, 1.82) is 0 Å². The van der Waals surface area contributed by atoms with Crippen molar-refractivity contribution in [2.24, 2.45) is 0 Å². The second kappa shape index (κ2) is 6.16. The third-order valence-corrected chi connectivity index (χ3v) is 3.00. The van der Waals surface area contributed by atoms with Gasteiger partial charge in [-0.1, -0.05) is 35.5 Å². The van der Waals surface area contributed by atoms with E-state index in [2.05, 4.69) is 15.6 Å². The third kappa shape index (κ3) is 3.13. The largest absolute Gasteiger partial charge is 0.359 e.